The van der Waals surface area contributed by atoms with Crippen molar-refractivity contribution in [3.05, 3.63) is 176 Å². The van der Waals surface area contributed by atoms with Crippen molar-refractivity contribution in [1.82, 2.24) is 16.0 Å². The number of nitrogens with one attached hydrogen (secondary N) is 6. The molecule has 3 aliphatic rings. The molecule has 3 heterocycles. The van der Waals surface area contributed by atoms with E-state index in [-0.39, 0.29) is 17.7 Å². The number of halogens is 3. The predicted octanol–water partition coefficient (Wildman–Crippen LogP) is 12.2. The van der Waals surface area contributed by atoms with Crippen molar-refractivity contribution < 1.29 is 28.6 Å². The van der Waals surface area contributed by atoms with E-state index in [1.54, 1.807) is 61.7 Å². The van der Waals surface area contributed by atoms with Gasteiger partial charge in [-0.3, -0.25) is 14.4 Å². The Kier molecular flexibility index (Phi) is 20.2. The molecular formula is C57H63Cl3N6O6. The van der Waals surface area contributed by atoms with Gasteiger partial charge in [-0.25, -0.2) is 0 Å². The Bertz CT molecular complexity index is 2600. The van der Waals surface area contributed by atoms with E-state index in [1.807, 2.05) is 36.4 Å². The van der Waals surface area contributed by atoms with Gasteiger partial charge in [0.2, 0.25) is 0 Å². The highest BCUT2D eigenvalue weighted by atomic mass is 35.5. The van der Waals surface area contributed by atoms with E-state index < -0.39 is 0 Å². The summed E-state index contributed by atoms with van der Waals surface area (Å²) in [4.78, 5) is 37.1. The van der Waals surface area contributed by atoms with Crippen LogP contribution in [0.5, 0.6) is 17.2 Å². The minimum Gasteiger partial charge on any atom is -0.495 e. The van der Waals surface area contributed by atoms with Crippen molar-refractivity contribution in [3.8, 4) is 17.2 Å². The van der Waals surface area contributed by atoms with Gasteiger partial charge in [-0.15, -0.1) is 0 Å². The minimum atomic E-state index is -0.188. The summed E-state index contributed by atoms with van der Waals surface area (Å²) in [6.45, 7) is 6.39. The molecule has 3 atom stereocenters. The third-order valence-corrected chi connectivity index (χ3v) is 14.0. The van der Waals surface area contributed by atoms with E-state index in [1.165, 1.54) is 69.4 Å². The molecule has 3 aliphatic heterocycles. The lowest BCUT2D eigenvalue weighted by Gasteiger charge is -2.23. The molecule has 6 aromatic rings. The zero-order valence-electron chi connectivity index (χ0n) is 40.9. The van der Waals surface area contributed by atoms with Gasteiger partial charge in [-0.05, 0) is 184 Å². The second-order valence-electron chi connectivity index (χ2n) is 17.9. The van der Waals surface area contributed by atoms with Crippen LogP contribution >= 0.6 is 34.8 Å². The first-order chi connectivity index (χ1) is 35.0. The average molecular weight is 1030 g/mol. The molecule has 3 saturated heterocycles. The third-order valence-electron chi connectivity index (χ3n) is 13.1. The summed E-state index contributed by atoms with van der Waals surface area (Å²) < 4.78 is 15.4. The average Bonchev–Trinajstić information content (AvgIpc) is 3.42. The Labute approximate surface area is 437 Å². The van der Waals surface area contributed by atoms with Gasteiger partial charge in [0.1, 0.15) is 17.2 Å². The molecule has 3 amide bonds. The summed E-state index contributed by atoms with van der Waals surface area (Å²) in [6.07, 6.45) is 7.26. The van der Waals surface area contributed by atoms with E-state index in [9.17, 15) is 14.4 Å². The molecule has 12 nitrogen and oxygen atoms in total. The summed E-state index contributed by atoms with van der Waals surface area (Å²) in [7, 11) is 4.60. The van der Waals surface area contributed by atoms with Crippen molar-refractivity contribution in [2.75, 3.05) is 76.5 Å². The molecule has 0 aliphatic carbocycles. The highest BCUT2D eigenvalue weighted by molar-refractivity contribution is 6.33. The lowest BCUT2D eigenvalue weighted by Crippen LogP contribution is -2.28. The topological polar surface area (TPSA) is 151 Å². The molecule has 6 N–H and O–H groups in total. The van der Waals surface area contributed by atoms with Gasteiger partial charge in [-0.2, -0.15) is 0 Å². The van der Waals surface area contributed by atoms with Gasteiger partial charge in [0, 0.05) is 53.4 Å². The maximum absolute atomic E-state index is 12.4. The van der Waals surface area contributed by atoms with E-state index in [0.29, 0.717) is 66.8 Å². The molecular weight excluding hydrogens is 971 g/mol. The van der Waals surface area contributed by atoms with E-state index in [4.69, 9.17) is 49.0 Å². The minimum absolute atomic E-state index is 0.183. The summed E-state index contributed by atoms with van der Waals surface area (Å²) >= 11 is 18.1. The van der Waals surface area contributed by atoms with Gasteiger partial charge in [0.25, 0.3) is 17.7 Å². The van der Waals surface area contributed by atoms with E-state index in [2.05, 4.69) is 68.3 Å². The van der Waals surface area contributed by atoms with Crippen LogP contribution in [0.1, 0.15) is 104 Å². The first kappa shape index (κ1) is 53.7. The summed E-state index contributed by atoms with van der Waals surface area (Å²) in [5.41, 5.74) is 7.80. The fourth-order valence-corrected chi connectivity index (χ4v) is 9.59. The predicted molar refractivity (Wildman–Crippen MR) is 292 cm³/mol. The summed E-state index contributed by atoms with van der Waals surface area (Å²) in [5, 5.41) is 20.4. The molecule has 0 saturated carbocycles. The van der Waals surface area contributed by atoms with Crippen LogP contribution in [0.2, 0.25) is 15.1 Å². The lowest BCUT2D eigenvalue weighted by molar-refractivity contribution is 0.101. The molecule has 0 bridgehead atoms. The van der Waals surface area contributed by atoms with Crippen LogP contribution in [0, 0.1) is 0 Å². The number of hydrogen-bond acceptors (Lipinski definition) is 9. The molecule has 15 heteroatoms. The first-order valence-electron chi connectivity index (χ1n) is 24.4. The van der Waals surface area contributed by atoms with Crippen LogP contribution in [0.15, 0.2) is 127 Å². The van der Waals surface area contributed by atoms with Crippen molar-refractivity contribution in [2.24, 2.45) is 0 Å². The number of methoxy groups -OCH3 is 3. The van der Waals surface area contributed by atoms with Gasteiger partial charge in [-0.1, -0.05) is 71.2 Å². The molecule has 0 spiro atoms. The standard InChI is InChI=1S/3C19H21ClN2O2/c1-24-18-9-6-14(11-17(18)20)19(23)22-16-7-4-13(5-8-16)15-3-2-10-21-12-15;2*1-24-18-11-14(6-9-17(18)20)19(23)22-16-7-4-13(5-8-16)15-3-2-10-21-12-15/h3*4-9,11,15,21H,2-3,10,12H2,1H3,(H,22,23)/t3*15-/m010/s1. The fourth-order valence-electron chi connectivity index (χ4n) is 8.94. The number of anilines is 3. The molecule has 0 unspecified atom stereocenters. The summed E-state index contributed by atoms with van der Waals surface area (Å²) in [6, 6.07) is 39.2. The van der Waals surface area contributed by atoms with Gasteiger partial charge in [0.05, 0.1) is 36.4 Å². The Morgan fingerprint density at radius 3 is 1.03 bits per heavy atom. The molecule has 6 aromatic carbocycles. The van der Waals surface area contributed by atoms with Crippen molar-refractivity contribution in [2.45, 2.75) is 56.3 Å². The molecule has 0 radical (unpaired) electrons. The Hall–Kier alpha value is -6.12. The summed E-state index contributed by atoms with van der Waals surface area (Å²) in [5.74, 6) is 2.66. The number of rotatable bonds is 12. The number of hydrogen-bond donors (Lipinski definition) is 6. The van der Waals surface area contributed by atoms with Crippen molar-refractivity contribution >= 4 is 69.6 Å². The SMILES string of the molecule is COc1cc(C(=O)Nc2ccc([C@@H]3CCCNC3)cc2)ccc1Cl.COc1cc(C(=O)Nc2ccc([C@H]3CCCNC3)cc2)ccc1Cl.COc1ccc(C(=O)Nc2ccc([C@H]3CCCNC3)cc2)cc1Cl. The Morgan fingerprint density at radius 1 is 0.417 bits per heavy atom. The van der Waals surface area contributed by atoms with E-state index >= 15 is 0 Å². The quantitative estimate of drug-likeness (QED) is 0.0704. The second-order valence-corrected chi connectivity index (χ2v) is 19.1. The van der Waals surface area contributed by atoms with Gasteiger partial charge < -0.3 is 46.1 Å². The zero-order valence-corrected chi connectivity index (χ0v) is 43.2. The highest BCUT2D eigenvalue weighted by Gasteiger charge is 2.19. The number of piperidine rings is 3. The van der Waals surface area contributed by atoms with Crippen LogP contribution in [0.25, 0.3) is 0 Å². The van der Waals surface area contributed by atoms with Crippen LogP contribution in [0.4, 0.5) is 17.1 Å². The normalized spacial score (nSPS) is 17.3. The fraction of sp³-hybridized carbons (Fsp3) is 0.316. The number of carbonyl (C=O) groups excluding carboxylic acids is 3. The van der Waals surface area contributed by atoms with Crippen LogP contribution in [-0.2, 0) is 0 Å². The van der Waals surface area contributed by atoms with Crippen LogP contribution < -0.4 is 46.1 Å². The van der Waals surface area contributed by atoms with Crippen LogP contribution in [-0.4, -0.2) is 78.3 Å². The number of carbonyl (C=O) groups is 3. The van der Waals surface area contributed by atoms with E-state index in [0.717, 1.165) is 56.3 Å². The van der Waals surface area contributed by atoms with Crippen molar-refractivity contribution in [1.29, 1.82) is 0 Å². The molecule has 72 heavy (non-hydrogen) atoms. The maximum Gasteiger partial charge on any atom is 0.255 e. The first-order valence-corrected chi connectivity index (χ1v) is 25.5. The number of benzene rings is 6. The Balaban J connectivity index is 0.000000158. The number of ether oxygens (including phenoxy) is 3. The van der Waals surface area contributed by atoms with Crippen LogP contribution in [0.3, 0.4) is 0 Å². The maximum atomic E-state index is 12.4. The molecule has 3 fully saturated rings. The molecule has 0 aromatic heterocycles. The van der Waals surface area contributed by atoms with Crippen molar-refractivity contribution in [3.63, 3.8) is 0 Å². The molecule has 378 valence electrons. The lowest BCUT2D eigenvalue weighted by atomic mass is 9.91. The molecule has 9 rings (SSSR count). The number of amides is 3. The monoisotopic (exact) mass is 1030 g/mol. The largest absolute Gasteiger partial charge is 0.495 e. The Morgan fingerprint density at radius 2 is 0.736 bits per heavy atom. The highest BCUT2D eigenvalue weighted by Crippen LogP contribution is 2.31. The second kappa shape index (κ2) is 27.1. The van der Waals surface area contributed by atoms with Gasteiger partial charge in [0.15, 0.2) is 0 Å². The third kappa shape index (κ3) is 15.2. The smallest absolute Gasteiger partial charge is 0.255 e. The zero-order chi connectivity index (χ0) is 50.8. The van der Waals surface area contributed by atoms with Gasteiger partial charge >= 0.3 is 0 Å².